The van der Waals surface area contributed by atoms with Crippen LogP contribution in [-0.2, 0) is 0 Å². The molecular weight excluding hydrogens is 520 g/mol. The van der Waals surface area contributed by atoms with E-state index < -0.39 is 0 Å². The summed E-state index contributed by atoms with van der Waals surface area (Å²) in [7, 11) is 0. The second-order valence-corrected chi connectivity index (χ2v) is 10.9. The Kier molecular flexibility index (Phi) is 4.45. The molecule has 0 aliphatic heterocycles. The van der Waals surface area contributed by atoms with E-state index in [1.54, 1.807) is 0 Å². The van der Waals surface area contributed by atoms with Crippen molar-refractivity contribution in [3.05, 3.63) is 158 Å². The molecule has 9 rings (SSSR count). The summed E-state index contributed by atoms with van der Waals surface area (Å²) in [4.78, 5) is 0. The third-order valence-electron chi connectivity index (χ3n) is 8.53. The van der Waals surface area contributed by atoms with Crippen LogP contribution < -0.4 is 0 Å². The van der Waals surface area contributed by atoms with Gasteiger partial charge in [-0.25, -0.2) is 0 Å². The highest BCUT2D eigenvalue weighted by Crippen LogP contribution is 2.45. The maximum absolute atomic E-state index is 9.65. The van der Waals surface area contributed by atoms with Gasteiger partial charge in [-0.2, -0.15) is 0 Å². The van der Waals surface area contributed by atoms with Gasteiger partial charge in [0.1, 0.15) is 11.2 Å². The van der Waals surface area contributed by atoms with Crippen molar-refractivity contribution >= 4 is 54.3 Å². The summed E-state index contributed by atoms with van der Waals surface area (Å²) in [5.41, 5.74) is 5.89. The van der Waals surface area contributed by atoms with Crippen molar-refractivity contribution in [1.29, 1.82) is 0 Å². The fraction of sp³-hybridized carbons (Fsp3) is 0. The van der Waals surface area contributed by atoms with Crippen molar-refractivity contribution in [2.75, 3.05) is 0 Å². The molecule has 0 unspecified atom stereocenters. The van der Waals surface area contributed by atoms with Gasteiger partial charge in [-0.1, -0.05) is 133 Å². The van der Waals surface area contributed by atoms with Crippen LogP contribution in [0.15, 0.2) is 162 Å². The Bertz CT molecular complexity index is 2680. The Morgan fingerprint density at radius 1 is 0.419 bits per heavy atom. The van der Waals surface area contributed by atoms with E-state index >= 15 is 0 Å². The van der Waals surface area contributed by atoms with Crippen molar-refractivity contribution in [1.82, 2.24) is 0 Å². The molecule has 1 aromatic heterocycles. The van der Waals surface area contributed by atoms with Crippen LogP contribution in [0, 0.1) is 0 Å². The van der Waals surface area contributed by atoms with Gasteiger partial charge in [0, 0.05) is 10.8 Å². The molecule has 0 saturated carbocycles. The number of fused-ring (bicyclic) bond motifs is 6. The van der Waals surface area contributed by atoms with Gasteiger partial charge in [0.05, 0.1) is 5.48 Å². The minimum atomic E-state index is -0.188. The molecule has 0 N–H and O–H groups in total. The minimum Gasteiger partial charge on any atom is -0.456 e. The first kappa shape index (κ1) is 20.3. The topological polar surface area (TPSA) is 13.1 Å². The average molecular weight is 551 g/mol. The fourth-order valence-electron chi connectivity index (χ4n) is 6.64. The van der Waals surface area contributed by atoms with E-state index in [2.05, 4.69) is 36.4 Å². The number of rotatable bonds is 3. The molecule has 0 bridgehead atoms. The van der Waals surface area contributed by atoms with Crippen LogP contribution >= 0.6 is 0 Å². The lowest BCUT2D eigenvalue weighted by atomic mass is 9.85. The molecule has 0 radical (unpaired) electrons. The van der Waals surface area contributed by atoms with Crippen molar-refractivity contribution < 1.29 is 9.90 Å². The third kappa shape index (κ3) is 3.72. The summed E-state index contributed by atoms with van der Waals surface area (Å²) in [5.74, 6) is 0. The molecule has 0 aliphatic rings. The molecule has 0 fully saturated rings. The summed E-state index contributed by atoms with van der Waals surface area (Å²) in [5, 5.41) is 7.76. The van der Waals surface area contributed by atoms with Gasteiger partial charge in [-0.05, 0) is 89.9 Å². The number of hydrogen-bond acceptors (Lipinski definition) is 1. The van der Waals surface area contributed by atoms with E-state index in [1.165, 1.54) is 0 Å². The van der Waals surface area contributed by atoms with Crippen molar-refractivity contribution in [2.45, 2.75) is 0 Å². The first-order valence-corrected chi connectivity index (χ1v) is 14.4. The van der Waals surface area contributed by atoms with Crippen LogP contribution in [0.5, 0.6) is 0 Å². The van der Waals surface area contributed by atoms with Crippen LogP contribution in [0.3, 0.4) is 0 Å². The fourth-order valence-corrected chi connectivity index (χ4v) is 6.64. The Balaban J connectivity index is 1.39. The Hall–Kier alpha value is -5.66. The highest BCUT2D eigenvalue weighted by Gasteiger charge is 2.18. The lowest BCUT2D eigenvalue weighted by Gasteiger charge is -2.18. The molecular formula is C42H26O. The van der Waals surface area contributed by atoms with Gasteiger partial charge < -0.3 is 4.42 Å². The Morgan fingerprint density at radius 2 is 0.977 bits per heavy atom. The molecule has 0 atom stereocenters. The minimum absolute atomic E-state index is 0.0825. The first-order chi connectivity index (χ1) is 23.0. The van der Waals surface area contributed by atoms with Crippen LogP contribution in [0.25, 0.3) is 87.6 Å². The molecule has 43 heavy (non-hydrogen) atoms. The van der Waals surface area contributed by atoms with Crippen molar-refractivity contribution in [3.8, 4) is 33.4 Å². The second-order valence-electron chi connectivity index (χ2n) is 10.9. The number of furan rings is 1. The predicted molar refractivity (Wildman–Crippen MR) is 183 cm³/mol. The summed E-state index contributed by atoms with van der Waals surface area (Å²) in [6, 6.07) is 44.1. The van der Waals surface area contributed by atoms with E-state index in [9.17, 15) is 2.74 Å². The van der Waals surface area contributed by atoms with E-state index in [-0.39, 0.29) is 24.2 Å². The summed E-state index contributed by atoms with van der Waals surface area (Å²) in [6.07, 6.45) is 0. The van der Waals surface area contributed by atoms with E-state index in [4.69, 9.17) is 7.16 Å². The number of hydrogen-bond donors (Lipinski definition) is 0. The average Bonchev–Trinajstić information content (AvgIpc) is 3.48. The predicted octanol–water partition coefficient (Wildman–Crippen LogP) is 12.0. The van der Waals surface area contributed by atoms with Gasteiger partial charge in [0.25, 0.3) is 0 Å². The number of benzene rings is 8. The number of para-hydroxylation sites is 1. The molecule has 0 saturated heterocycles. The SMILES string of the molecule is [2H]c1c([2H])c(-c2cccc3ccccc23)c([2H])c(-c2c3ccccc3c(-c3ccc4c(c3)oc3ccccc34)c3ccccc23)c1[2H]. The van der Waals surface area contributed by atoms with Gasteiger partial charge in [-0.3, -0.25) is 0 Å². The highest BCUT2D eigenvalue weighted by molar-refractivity contribution is 6.22. The van der Waals surface area contributed by atoms with Crippen molar-refractivity contribution in [3.63, 3.8) is 0 Å². The van der Waals surface area contributed by atoms with E-state index in [0.717, 1.165) is 76.5 Å². The molecule has 9 aromatic rings. The Labute approximate surface area is 254 Å². The van der Waals surface area contributed by atoms with Crippen LogP contribution in [0.2, 0.25) is 0 Å². The zero-order valence-corrected chi connectivity index (χ0v) is 23.1. The monoisotopic (exact) mass is 550 g/mol. The zero-order valence-electron chi connectivity index (χ0n) is 27.1. The summed E-state index contributed by atoms with van der Waals surface area (Å²) >= 11 is 0. The smallest absolute Gasteiger partial charge is 0.136 e. The molecule has 1 nitrogen and oxygen atoms in total. The third-order valence-corrected chi connectivity index (χ3v) is 8.53. The van der Waals surface area contributed by atoms with Gasteiger partial charge in [0.2, 0.25) is 0 Å². The first-order valence-electron chi connectivity index (χ1n) is 16.4. The summed E-state index contributed by atoms with van der Waals surface area (Å²) in [6.45, 7) is 0. The lowest BCUT2D eigenvalue weighted by Crippen LogP contribution is -1.91. The molecule has 1 heterocycles. The standard InChI is InChI=1S/C42H26O/c1-2-15-31-27(11-1)12-10-21-32(31)28-13-9-14-29(25-28)41-35-17-3-5-19-37(35)42(38-20-6-4-18-36(38)41)30-23-24-34-33-16-7-8-22-39(33)43-40(34)26-30/h1-26H/i9D,13D,14D,25D. The quantitative estimate of drug-likeness (QED) is 0.199. The maximum Gasteiger partial charge on any atom is 0.136 e. The normalized spacial score (nSPS) is 13.0. The Morgan fingerprint density at radius 3 is 1.72 bits per heavy atom. The van der Waals surface area contributed by atoms with Crippen LogP contribution in [0.4, 0.5) is 0 Å². The van der Waals surface area contributed by atoms with Gasteiger partial charge in [-0.15, -0.1) is 0 Å². The lowest BCUT2D eigenvalue weighted by molar-refractivity contribution is 0.669. The van der Waals surface area contributed by atoms with E-state index in [0.29, 0.717) is 11.1 Å². The molecule has 0 amide bonds. The molecule has 8 aromatic carbocycles. The van der Waals surface area contributed by atoms with E-state index in [1.807, 2.05) is 97.1 Å². The molecule has 0 spiro atoms. The van der Waals surface area contributed by atoms with Crippen LogP contribution in [-0.4, -0.2) is 0 Å². The molecule has 0 aliphatic carbocycles. The zero-order chi connectivity index (χ0) is 31.8. The highest BCUT2D eigenvalue weighted by atomic mass is 16.3. The maximum atomic E-state index is 9.65. The van der Waals surface area contributed by atoms with Gasteiger partial charge in [0.15, 0.2) is 0 Å². The van der Waals surface area contributed by atoms with Crippen molar-refractivity contribution in [2.24, 2.45) is 0 Å². The molecule has 200 valence electrons. The second kappa shape index (κ2) is 9.44. The largest absolute Gasteiger partial charge is 0.456 e. The summed E-state index contributed by atoms with van der Waals surface area (Å²) < 4.78 is 43.1. The molecule has 1 heteroatoms. The van der Waals surface area contributed by atoms with Gasteiger partial charge >= 0.3 is 0 Å². The van der Waals surface area contributed by atoms with Crippen LogP contribution in [0.1, 0.15) is 5.48 Å².